The zero-order valence-corrected chi connectivity index (χ0v) is 2.48. The van der Waals surface area contributed by atoms with Crippen molar-refractivity contribution in [1.29, 1.82) is 0 Å². The molecule has 0 atom stereocenters. The Kier molecular flexibility index (Phi) is 8.93. The molecule has 0 aromatic carbocycles. The van der Waals surface area contributed by atoms with Crippen LogP contribution in [0.15, 0.2) is 0 Å². The zero-order chi connectivity index (χ0) is 3.58. The molecule has 28 valence electrons. The summed E-state index contributed by atoms with van der Waals surface area (Å²) in [6.07, 6.45) is 0. The summed E-state index contributed by atoms with van der Waals surface area (Å²) in [5, 5.41) is 0. The van der Waals surface area contributed by atoms with Crippen LogP contribution in [0.25, 0.3) is 0 Å². The van der Waals surface area contributed by atoms with E-state index in [1.54, 1.807) is 0 Å². The first kappa shape index (κ1) is 9.26. The molecule has 0 aromatic rings. The first-order valence-electron chi connectivity index (χ1n) is 0.507. The summed E-state index contributed by atoms with van der Waals surface area (Å²) < 4.78 is 29.2. The Morgan fingerprint density at radius 2 is 1.00 bits per heavy atom. The van der Waals surface area contributed by atoms with Crippen molar-refractivity contribution in [3.8, 4) is 0 Å². The molecule has 0 saturated carbocycles. The summed E-state index contributed by atoms with van der Waals surface area (Å²) >= 11 is 0. The third-order valence-corrected chi connectivity index (χ3v) is 0. The first-order valence-corrected chi connectivity index (χ1v) is 1.52. The summed E-state index contributed by atoms with van der Waals surface area (Å²) in [5.41, 5.74) is 0. The Bertz CT molecular complexity index is 11.6. The van der Waals surface area contributed by atoms with E-state index in [0.717, 1.165) is 0 Å². The molecule has 0 N–H and O–H groups in total. The molecule has 5 heavy (non-hydrogen) atoms. The number of rotatable bonds is 0. The van der Waals surface area contributed by atoms with Crippen LogP contribution in [0.1, 0.15) is 0 Å². The molecular weight excluding hydrogens is 94.9 g/mol. The molecular formula is HF3LiP. The average molecular weight is 95.9 g/mol. The maximum atomic E-state index is 9.73. The molecule has 0 aliphatic heterocycles. The molecule has 0 spiro atoms. The summed E-state index contributed by atoms with van der Waals surface area (Å²) in [6, 6.07) is 0. The summed E-state index contributed by atoms with van der Waals surface area (Å²) in [5.74, 6) is 0. The fraction of sp³-hybridized carbons (Fsp3) is 0. The van der Waals surface area contributed by atoms with E-state index in [1.165, 1.54) is 0 Å². The van der Waals surface area contributed by atoms with E-state index in [9.17, 15) is 12.6 Å². The van der Waals surface area contributed by atoms with Gasteiger partial charge in [-0.25, -0.2) is 0 Å². The zero-order valence-electron chi connectivity index (χ0n) is 1.58. The van der Waals surface area contributed by atoms with Crippen molar-refractivity contribution < 1.29 is 12.6 Å². The van der Waals surface area contributed by atoms with Crippen molar-refractivity contribution in [3.63, 3.8) is 0 Å². The quantitative estimate of drug-likeness (QED) is 0.316. The molecule has 0 rings (SSSR count). The SMILES string of the molecule is FP(F)F.[LiH]. The Hall–Kier alpha value is 0.817. The normalized spacial score (nSPS) is 7.20. The van der Waals surface area contributed by atoms with Gasteiger partial charge >= 0.3 is 27.7 Å². The van der Waals surface area contributed by atoms with E-state index in [-0.39, 0.29) is 18.9 Å². The molecule has 0 unspecified atom stereocenters. The number of hydrogen-bond donors (Lipinski definition) is 0. The minimum absolute atomic E-state index is 0. The number of halogens is 3. The van der Waals surface area contributed by atoms with Crippen LogP contribution in [-0.2, 0) is 0 Å². The topological polar surface area (TPSA) is 0 Å². The van der Waals surface area contributed by atoms with Crippen molar-refractivity contribution in [2.24, 2.45) is 0 Å². The predicted octanol–water partition coefficient (Wildman–Crippen LogP) is 1.47. The van der Waals surface area contributed by atoms with Crippen LogP contribution in [0.3, 0.4) is 0 Å². The van der Waals surface area contributed by atoms with Gasteiger partial charge in [-0.2, -0.15) is 12.6 Å². The summed E-state index contributed by atoms with van der Waals surface area (Å²) in [4.78, 5) is 0. The van der Waals surface area contributed by atoms with Crippen LogP contribution in [0.2, 0.25) is 0 Å². The molecule has 0 aromatic heterocycles. The molecule has 0 saturated heterocycles. The van der Waals surface area contributed by atoms with Crippen molar-refractivity contribution >= 4 is 27.7 Å². The van der Waals surface area contributed by atoms with Crippen LogP contribution < -0.4 is 0 Å². The van der Waals surface area contributed by atoms with Crippen LogP contribution >= 0.6 is 8.85 Å². The van der Waals surface area contributed by atoms with E-state index < -0.39 is 8.85 Å². The Morgan fingerprint density at radius 1 is 1.00 bits per heavy atom. The van der Waals surface area contributed by atoms with Crippen LogP contribution in [-0.4, -0.2) is 18.9 Å². The molecule has 0 amide bonds. The van der Waals surface area contributed by atoms with E-state index in [1.807, 2.05) is 0 Å². The van der Waals surface area contributed by atoms with Gasteiger partial charge in [-0.3, -0.25) is 0 Å². The Balaban J connectivity index is 0. The fourth-order valence-corrected chi connectivity index (χ4v) is 0. The van der Waals surface area contributed by atoms with Gasteiger partial charge in [0.05, 0.1) is 0 Å². The van der Waals surface area contributed by atoms with Gasteiger partial charge in [0.1, 0.15) is 0 Å². The summed E-state index contributed by atoms with van der Waals surface area (Å²) in [6.45, 7) is 0. The molecule has 0 radical (unpaired) electrons. The third-order valence-electron chi connectivity index (χ3n) is 0. The van der Waals surface area contributed by atoms with Gasteiger partial charge in [0, 0.05) is 0 Å². The third kappa shape index (κ3) is 57.2. The van der Waals surface area contributed by atoms with Gasteiger partial charge in [-0.1, -0.05) is 0 Å². The molecule has 0 aliphatic carbocycles. The van der Waals surface area contributed by atoms with E-state index in [0.29, 0.717) is 0 Å². The van der Waals surface area contributed by atoms with Gasteiger partial charge < -0.3 is 0 Å². The Morgan fingerprint density at radius 3 is 1.00 bits per heavy atom. The van der Waals surface area contributed by atoms with Gasteiger partial charge in [0.15, 0.2) is 0 Å². The molecule has 0 fully saturated rings. The van der Waals surface area contributed by atoms with Crippen LogP contribution in [0, 0.1) is 0 Å². The Labute approximate surface area is 41.0 Å². The maximum absolute atomic E-state index is 9.73. The first-order chi connectivity index (χ1) is 1.73. The second kappa shape index (κ2) is 4.82. The van der Waals surface area contributed by atoms with E-state index >= 15 is 0 Å². The van der Waals surface area contributed by atoms with Crippen LogP contribution in [0.5, 0.6) is 0 Å². The average Bonchev–Trinajstić information content (AvgIpc) is 0.811. The van der Waals surface area contributed by atoms with Crippen molar-refractivity contribution in [3.05, 3.63) is 0 Å². The predicted molar refractivity (Wildman–Crippen MR) is 17.4 cm³/mol. The van der Waals surface area contributed by atoms with Crippen LogP contribution in [0.4, 0.5) is 12.6 Å². The molecule has 0 nitrogen and oxygen atoms in total. The monoisotopic (exact) mass is 96.0 g/mol. The van der Waals surface area contributed by atoms with Crippen molar-refractivity contribution in [2.45, 2.75) is 0 Å². The van der Waals surface area contributed by atoms with Gasteiger partial charge in [-0.05, 0) is 0 Å². The second-order valence-corrected chi connectivity index (χ2v) is 0.575. The summed E-state index contributed by atoms with van der Waals surface area (Å²) in [7, 11) is -4.12. The minimum atomic E-state index is -4.12. The fourth-order valence-electron chi connectivity index (χ4n) is 0. The number of hydrogen-bond acceptors (Lipinski definition) is 0. The van der Waals surface area contributed by atoms with E-state index in [4.69, 9.17) is 0 Å². The second-order valence-electron chi connectivity index (χ2n) is 0.192. The van der Waals surface area contributed by atoms with Crippen molar-refractivity contribution in [1.82, 2.24) is 0 Å². The van der Waals surface area contributed by atoms with Crippen molar-refractivity contribution in [2.75, 3.05) is 0 Å². The van der Waals surface area contributed by atoms with E-state index in [2.05, 4.69) is 0 Å². The molecule has 5 heteroatoms. The molecule has 0 heterocycles. The van der Waals surface area contributed by atoms with Gasteiger partial charge in [-0.15, -0.1) is 0 Å². The molecule has 0 bridgehead atoms. The standard InChI is InChI=1S/F3P.Li.H/c1-4(2)3;;. The molecule has 0 aliphatic rings. The van der Waals surface area contributed by atoms with Gasteiger partial charge in [0.2, 0.25) is 0 Å². The van der Waals surface area contributed by atoms with Gasteiger partial charge in [0.25, 0.3) is 0 Å².